The van der Waals surface area contributed by atoms with Crippen molar-refractivity contribution >= 4 is 11.6 Å². The Morgan fingerprint density at radius 3 is 2.45 bits per heavy atom. The Balaban J connectivity index is 2.41. The van der Waals surface area contributed by atoms with Crippen molar-refractivity contribution in [3.8, 4) is 0 Å². The van der Waals surface area contributed by atoms with Gasteiger partial charge in [0.1, 0.15) is 0 Å². The predicted octanol–water partition coefficient (Wildman–Crippen LogP) is 5.05. The minimum absolute atomic E-state index is 0.156. The Morgan fingerprint density at radius 2 is 1.80 bits per heavy atom. The molecule has 0 saturated carbocycles. The van der Waals surface area contributed by atoms with Gasteiger partial charge >= 0.3 is 0 Å². The molecule has 0 aliphatic heterocycles. The molecule has 0 radical (unpaired) electrons. The van der Waals surface area contributed by atoms with Crippen molar-refractivity contribution in [1.82, 2.24) is 5.32 Å². The lowest BCUT2D eigenvalue weighted by Gasteiger charge is -2.21. The lowest BCUT2D eigenvalue weighted by atomic mass is 9.96. The van der Waals surface area contributed by atoms with Gasteiger partial charge in [-0.2, -0.15) is 0 Å². The topological polar surface area (TPSA) is 12.0 Å². The Morgan fingerprint density at radius 1 is 1.05 bits per heavy atom. The molecule has 0 fully saturated rings. The van der Waals surface area contributed by atoms with Crippen molar-refractivity contribution in [3.63, 3.8) is 0 Å². The van der Waals surface area contributed by atoms with Gasteiger partial charge < -0.3 is 5.32 Å². The van der Waals surface area contributed by atoms with Crippen molar-refractivity contribution in [2.24, 2.45) is 0 Å². The minimum Gasteiger partial charge on any atom is -0.306 e. The normalized spacial score (nSPS) is 12.4. The zero-order valence-corrected chi connectivity index (χ0v) is 13.2. The monoisotopic (exact) mass is 287 g/mol. The highest BCUT2D eigenvalue weighted by Gasteiger charge is 2.16. The smallest absolute Gasteiger partial charge is 0.0591 e. The van der Waals surface area contributed by atoms with Crippen LogP contribution in [0, 0.1) is 13.8 Å². The van der Waals surface area contributed by atoms with E-state index >= 15 is 0 Å². The van der Waals surface area contributed by atoms with Crippen molar-refractivity contribution in [2.45, 2.75) is 33.2 Å². The molecule has 0 aliphatic carbocycles. The first-order valence-corrected chi connectivity index (χ1v) is 7.55. The zero-order valence-electron chi connectivity index (χ0n) is 12.4. The van der Waals surface area contributed by atoms with Crippen LogP contribution in [-0.4, -0.2) is 6.54 Å². The van der Waals surface area contributed by atoms with E-state index in [1.165, 1.54) is 16.7 Å². The second-order valence-corrected chi connectivity index (χ2v) is 5.73. The maximum Gasteiger partial charge on any atom is 0.0591 e. The molecule has 1 unspecified atom stereocenters. The molecule has 106 valence electrons. The summed E-state index contributed by atoms with van der Waals surface area (Å²) in [5.41, 5.74) is 4.88. The molecule has 1 nitrogen and oxygen atoms in total. The first-order valence-electron chi connectivity index (χ1n) is 7.18. The van der Waals surface area contributed by atoms with Crippen LogP contribution in [0.1, 0.15) is 41.6 Å². The molecule has 0 amide bonds. The van der Waals surface area contributed by atoms with E-state index in [9.17, 15) is 0 Å². The van der Waals surface area contributed by atoms with Gasteiger partial charge in [-0.25, -0.2) is 0 Å². The molecular formula is C18H22ClN. The molecule has 0 heterocycles. The first kappa shape index (κ1) is 15.1. The summed E-state index contributed by atoms with van der Waals surface area (Å²) in [6.07, 6.45) is 1.10. The molecule has 0 saturated heterocycles. The summed E-state index contributed by atoms with van der Waals surface area (Å²) >= 11 is 6.45. The van der Waals surface area contributed by atoms with Gasteiger partial charge in [-0.05, 0) is 49.6 Å². The van der Waals surface area contributed by atoms with Crippen LogP contribution in [0.5, 0.6) is 0 Å². The third kappa shape index (κ3) is 3.62. The molecule has 1 atom stereocenters. The van der Waals surface area contributed by atoms with Crippen LogP contribution in [0.3, 0.4) is 0 Å². The summed E-state index contributed by atoms with van der Waals surface area (Å²) in [5, 5.41) is 4.44. The van der Waals surface area contributed by atoms with E-state index in [0.29, 0.717) is 0 Å². The number of benzene rings is 2. The zero-order chi connectivity index (χ0) is 14.5. The molecule has 0 aliphatic rings. The van der Waals surface area contributed by atoms with Crippen molar-refractivity contribution in [3.05, 3.63) is 69.7 Å². The second-order valence-electron chi connectivity index (χ2n) is 5.33. The number of nitrogens with one attached hydrogen (secondary N) is 1. The van der Waals surface area contributed by atoms with Gasteiger partial charge in [0.05, 0.1) is 6.04 Å². The molecule has 20 heavy (non-hydrogen) atoms. The minimum atomic E-state index is 0.156. The lowest BCUT2D eigenvalue weighted by molar-refractivity contribution is 0.598. The Hall–Kier alpha value is -1.31. The van der Waals surface area contributed by atoms with Crippen LogP contribution < -0.4 is 5.32 Å². The van der Waals surface area contributed by atoms with Gasteiger partial charge in [-0.15, -0.1) is 0 Å². The van der Waals surface area contributed by atoms with Gasteiger partial charge in [0, 0.05) is 5.02 Å². The molecule has 1 N–H and O–H groups in total. The number of aryl methyl sites for hydroxylation is 2. The molecule has 0 aromatic heterocycles. The van der Waals surface area contributed by atoms with E-state index in [0.717, 1.165) is 23.6 Å². The summed E-state index contributed by atoms with van der Waals surface area (Å²) < 4.78 is 0. The lowest BCUT2D eigenvalue weighted by Crippen LogP contribution is -2.23. The molecule has 2 heteroatoms. The van der Waals surface area contributed by atoms with E-state index in [4.69, 9.17) is 11.6 Å². The van der Waals surface area contributed by atoms with Crippen LogP contribution in [0.15, 0.2) is 42.5 Å². The van der Waals surface area contributed by atoms with Crippen LogP contribution in [-0.2, 0) is 0 Å². The highest BCUT2D eigenvalue weighted by Crippen LogP contribution is 2.29. The van der Waals surface area contributed by atoms with Crippen molar-refractivity contribution in [1.29, 1.82) is 0 Å². The molecule has 2 aromatic carbocycles. The van der Waals surface area contributed by atoms with Gasteiger partial charge in [0.2, 0.25) is 0 Å². The predicted molar refractivity (Wildman–Crippen MR) is 87.5 cm³/mol. The molecular weight excluding hydrogens is 266 g/mol. The number of hydrogen-bond donors (Lipinski definition) is 1. The Kier molecular flexibility index (Phi) is 5.22. The standard InChI is InChI=1S/C18H22ClN/c1-4-10-20-18(15-7-5-6-13(2)11-15)16-9-8-14(3)12-17(16)19/h5-9,11-12,18,20H,4,10H2,1-3H3. The number of rotatable bonds is 5. The fraction of sp³-hybridized carbons (Fsp3) is 0.333. The molecule has 0 bridgehead atoms. The summed E-state index contributed by atoms with van der Waals surface area (Å²) in [7, 11) is 0. The van der Waals surface area contributed by atoms with Gasteiger partial charge in [-0.3, -0.25) is 0 Å². The molecule has 2 rings (SSSR count). The van der Waals surface area contributed by atoms with E-state index in [1.807, 2.05) is 6.07 Å². The number of hydrogen-bond acceptors (Lipinski definition) is 1. The largest absolute Gasteiger partial charge is 0.306 e. The van der Waals surface area contributed by atoms with Crippen LogP contribution in [0.25, 0.3) is 0 Å². The maximum absolute atomic E-state index is 6.45. The van der Waals surface area contributed by atoms with Crippen LogP contribution >= 0.6 is 11.6 Å². The fourth-order valence-corrected chi connectivity index (χ4v) is 2.76. The Labute approximate surface area is 127 Å². The first-order chi connectivity index (χ1) is 9.61. The van der Waals surface area contributed by atoms with E-state index in [2.05, 4.69) is 62.5 Å². The maximum atomic E-state index is 6.45. The summed E-state index contributed by atoms with van der Waals surface area (Å²) in [6.45, 7) is 7.34. The quantitative estimate of drug-likeness (QED) is 0.812. The van der Waals surface area contributed by atoms with Crippen LogP contribution in [0.4, 0.5) is 0 Å². The number of halogens is 1. The summed E-state index contributed by atoms with van der Waals surface area (Å²) in [4.78, 5) is 0. The van der Waals surface area contributed by atoms with E-state index in [-0.39, 0.29) is 6.04 Å². The second kappa shape index (κ2) is 6.92. The van der Waals surface area contributed by atoms with Crippen molar-refractivity contribution < 1.29 is 0 Å². The fourth-order valence-electron chi connectivity index (χ4n) is 2.41. The van der Waals surface area contributed by atoms with Gasteiger partial charge in [-0.1, -0.05) is 60.5 Å². The third-order valence-corrected chi connectivity index (χ3v) is 3.77. The Bertz CT molecular complexity index is 577. The third-order valence-electron chi connectivity index (χ3n) is 3.44. The SMILES string of the molecule is CCCNC(c1cccc(C)c1)c1ccc(C)cc1Cl. The molecule has 0 spiro atoms. The highest BCUT2D eigenvalue weighted by atomic mass is 35.5. The van der Waals surface area contributed by atoms with Gasteiger partial charge in [0.15, 0.2) is 0 Å². The van der Waals surface area contributed by atoms with Crippen molar-refractivity contribution in [2.75, 3.05) is 6.54 Å². The summed E-state index contributed by atoms with van der Waals surface area (Å²) in [5.74, 6) is 0. The van der Waals surface area contributed by atoms with Crippen LogP contribution in [0.2, 0.25) is 5.02 Å². The average molecular weight is 288 g/mol. The van der Waals surface area contributed by atoms with Gasteiger partial charge in [0.25, 0.3) is 0 Å². The average Bonchev–Trinajstić information content (AvgIpc) is 2.41. The molecule has 2 aromatic rings. The summed E-state index contributed by atoms with van der Waals surface area (Å²) in [6, 6.07) is 15.1. The van der Waals surface area contributed by atoms with E-state index < -0.39 is 0 Å². The highest BCUT2D eigenvalue weighted by molar-refractivity contribution is 6.31. The van der Waals surface area contributed by atoms with E-state index in [1.54, 1.807) is 0 Å².